The highest BCUT2D eigenvalue weighted by Gasteiger charge is 2.27. The van der Waals surface area contributed by atoms with E-state index in [2.05, 4.69) is 19.2 Å². The second kappa shape index (κ2) is 5.61. The van der Waals surface area contributed by atoms with Crippen molar-refractivity contribution in [2.45, 2.75) is 26.7 Å². The molecule has 0 aromatic rings. The summed E-state index contributed by atoms with van der Waals surface area (Å²) < 4.78 is 5.08. The quantitative estimate of drug-likeness (QED) is 0.654. The smallest absolute Gasteiger partial charge is 0.0499 e. The maximum absolute atomic E-state index is 5.08. The van der Waals surface area contributed by atoms with Crippen molar-refractivity contribution in [2.75, 3.05) is 26.8 Å². The van der Waals surface area contributed by atoms with E-state index in [4.69, 9.17) is 4.74 Å². The van der Waals surface area contributed by atoms with E-state index in [1.165, 1.54) is 19.4 Å². The molecule has 2 heteroatoms. The second-order valence-corrected chi connectivity index (χ2v) is 4.53. The summed E-state index contributed by atoms with van der Waals surface area (Å²) in [7, 11) is 1.77. The maximum atomic E-state index is 5.08. The van der Waals surface area contributed by atoms with Gasteiger partial charge in [-0.1, -0.05) is 13.8 Å². The van der Waals surface area contributed by atoms with E-state index in [-0.39, 0.29) is 0 Å². The molecule has 0 aliphatic heterocycles. The van der Waals surface area contributed by atoms with Crippen molar-refractivity contribution < 1.29 is 4.74 Å². The third kappa shape index (κ3) is 4.63. The predicted molar refractivity (Wildman–Crippen MR) is 55.8 cm³/mol. The summed E-state index contributed by atoms with van der Waals surface area (Å²) in [5, 5.41) is 3.51. The molecule has 0 bridgehead atoms. The molecular formula is C11H23NO. The first kappa shape index (κ1) is 11.0. The van der Waals surface area contributed by atoms with Crippen molar-refractivity contribution >= 4 is 0 Å². The fraction of sp³-hybridized carbons (Fsp3) is 1.00. The second-order valence-electron chi connectivity index (χ2n) is 4.53. The van der Waals surface area contributed by atoms with Gasteiger partial charge >= 0.3 is 0 Å². The van der Waals surface area contributed by atoms with E-state index in [0.29, 0.717) is 5.92 Å². The van der Waals surface area contributed by atoms with Crippen LogP contribution in [0.5, 0.6) is 0 Å². The van der Waals surface area contributed by atoms with Gasteiger partial charge in [-0.15, -0.1) is 0 Å². The Labute approximate surface area is 82.0 Å². The number of rotatable bonds is 7. The number of methoxy groups -OCH3 is 1. The van der Waals surface area contributed by atoms with Crippen LogP contribution in [-0.2, 0) is 4.74 Å². The molecule has 2 unspecified atom stereocenters. The maximum Gasteiger partial charge on any atom is 0.0499 e. The van der Waals surface area contributed by atoms with Crippen LogP contribution in [0.2, 0.25) is 0 Å². The van der Waals surface area contributed by atoms with E-state index in [1.807, 2.05) is 0 Å². The Bertz CT molecular complexity index is 134. The highest BCUT2D eigenvalue weighted by atomic mass is 16.5. The van der Waals surface area contributed by atoms with Crippen LogP contribution in [0.15, 0.2) is 0 Å². The third-order valence-electron chi connectivity index (χ3n) is 2.84. The van der Waals surface area contributed by atoms with Gasteiger partial charge in [0.2, 0.25) is 0 Å². The largest absolute Gasteiger partial charge is 0.384 e. The topological polar surface area (TPSA) is 21.3 Å². The van der Waals surface area contributed by atoms with Gasteiger partial charge < -0.3 is 10.1 Å². The van der Waals surface area contributed by atoms with Gasteiger partial charge in [-0.2, -0.15) is 0 Å². The van der Waals surface area contributed by atoms with Gasteiger partial charge in [0.05, 0.1) is 0 Å². The van der Waals surface area contributed by atoms with Crippen molar-refractivity contribution in [1.29, 1.82) is 0 Å². The predicted octanol–water partition coefficient (Wildman–Crippen LogP) is 1.90. The van der Waals surface area contributed by atoms with Crippen LogP contribution >= 0.6 is 0 Å². The number of ether oxygens (including phenoxy) is 1. The minimum absolute atomic E-state index is 0.636. The molecule has 1 N–H and O–H groups in total. The van der Waals surface area contributed by atoms with E-state index in [9.17, 15) is 0 Å². The molecule has 0 amide bonds. The molecule has 78 valence electrons. The first-order valence-electron chi connectivity index (χ1n) is 5.43. The molecule has 1 rings (SSSR count). The zero-order valence-electron chi connectivity index (χ0n) is 9.18. The monoisotopic (exact) mass is 185 g/mol. The van der Waals surface area contributed by atoms with Gasteiger partial charge in [-0.05, 0) is 43.7 Å². The molecule has 2 nitrogen and oxygen atoms in total. The van der Waals surface area contributed by atoms with Crippen molar-refractivity contribution in [1.82, 2.24) is 5.32 Å². The lowest BCUT2D eigenvalue weighted by Crippen LogP contribution is -2.28. The first-order valence-corrected chi connectivity index (χ1v) is 5.43. The van der Waals surface area contributed by atoms with Gasteiger partial charge in [-0.3, -0.25) is 0 Å². The fourth-order valence-electron chi connectivity index (χ4n) is 1.73. The van der Waals surface area contributed by atoms with Gasteiger partial charge in [0.25, 0.3) is 0 Å². The zero-order chi connectivity index (χ0) is 9.68. The Morgan fingerprint density at radius 2 is 2.00 bits per heavy atom. The minimum Gasteiger partial charge on any atom is -0.384 e. The lowest BCUT2D eigenvalue weighted by Gasteiger charge is -2.14. The van der Waals surface area contributed by atoms with Crippen LogP contribution in [-0.4, -0.2) is 26.8 Å². The Kier molecular flexibility index (Phi) is 4.74. The molecule has 1 saturated carbocycles. The fourth-order valence-corrected chi connectivity index (χ4v) is 1.73. The van der Waals surface area contributed by atoms with Gasteiger partial charge in [0.15, 0.2) is 0 Å². The van der Waals surface area contributed by atoms with E-state index in [1.54, 1.807) is 7.11 Å². The van der Waals surface area contributed by atoms with Crippen LogP contribution in [0.3, 0.4) is 0 Å². The summed E-state index contributed by atoms with van der Waals surface area (Å²) in [5.41, 5.74) is 0. The highest BCUT2D eigenvalue weighted by Crippen LogP contribution is 2.35. The lowest BCUT2D eigenvalue weighted by molar-refractivity contribution is 0.158. The molecular weight excluding hydrogens is 162 g/mol. The summed E-state index contributed by atoms with van der Waals surface area (Å²) in [5.74, 6) is 2.52. The van der Waals surface area contributed by atoms with Crippen LogP contribution in [0.1, 0.15) is 26.7 Å². The summed E-state index contributed by atoms with van der Waals surface area (Å²) in [6, 6.07) is 0. The average Bonchev–Trinajstić information content (AvgIpc) is 2.86. The van der Waals surface area contributed by atoms with Crippen LogP contribution in [0, 0.1) is 17.8 Å². The Balaban J connectivity index is 1.92. The molecule has 0 heterocycles. The number of hydrogen-bond donors (Lipinski definition) is 1. The minimum atomic E-state index is 0.636. The Hall–Kier alpha value is -0.0800. The molecule has 1 aliphatic rings. The number of nitrogens with one attached hydrogen (secondary N) is 1. The van der Waals surface area contributed by atoms with Gasteiger partial charge in [0, 0.05) is 13.7 Å². The lowest BCUT2D eigenvalue weighted by atomic mass is 10.1. The SMILES string of the molecule is COCC(C)CNCC(C)C1CC1. The summed E-state index contributed by atoms with van der Waals surface area (Å²) in [6.45, 7) is 7.71. The van der Waals surface area contributed by atoms with Crippen LogP contribution in [0.4, 0.5) is 0 Å². The van der Waals surface area contributed by atoms with Gasteiger partial charge in [-0.25, -0.2) is 0 Å². The molecule has 0 aromatic carbocycles. The van der Waals surface area contributed by atoms with Gasteiger partial charge in [0.1, 0.15) is 0 Å². The highest BCUT2D eigenvalue weighted by molar-refractivity contribution is 4.79. The summed E-state index contributed by atoms with van der Waals surface area (Å²) in [4.78, 5) is 0. The molecule has 1 fully saturated rings. The molecule has 1 aliphatic carbocycles. The zero-order valence-corrected chi connectivity index (χ0v) is 9.18. The molecule has 0 spiro atoms. The third-order valence-corrected chi connectivity index (χ3v) is 2.84. The van der Waals surface area contributed by atoms with E-state index < -0.39 is 0 Å². The normalized spacial score (nSPS) is 21.5. The Morgan fingerprint density at radius 3 is 2.54 bits per heavy atom. The van der Waals surface area contributed by atoms with Crippen molar-refractivity contribution in [3.8, 4) is 0 Å². The van der Waals surface area contributed by atoms with Crippen molar-refractivity contribution in [3.63, 3.8) is 0 Å². The molecule has 0 saturated heterocycles. The van der Waals surface area contributed by atoms with Crippen molar-refractivity contribution in [2.24, 2.45) is 17.8 Å². The first-order chi connectivity index (χ1) is 6.24. The standard InChI is InChI=1S/C11H23NO/c1-9(8-13-3)6-12-7-10(2)11-4-5-11/h9-12H,4-8H2,1-3H3. The van der Waals surface area contributed by atoms with Crippen LogP contribution < -0.4 is 5.32 Å². The van der Waals surface area contributed by atoms with Crippen LogP contribution in [0.25, 0.3) is 0 Å². The summed E-state index contributed by atoms with van der Waals surface area (Å²) in [6.07, 6.45) is 2.91. The molecule has 2 atom stereocenters. The molecule has 0 aromatic heterocycles. The summed E-state index contributed by atoms with van der Waals surface area (Å²) >= 11 is 0. The molecule has 13 heavy (non-hydrogen) atoms. The van der Waals surface area contributed by atoms with Crippen molar-refractivity contribution in [3.05, 3.63) is 0 Å². The number of hydrogen-bond acceptors (Lipinski definition) is 2. The van der Waals surface area contributed by atoms with E-state index in [0.717, 1.165) is 25.0 Å². The van der Waals surface area contributed by atoms with E-state index >= 15 is 0 Å². The Morgan fingerprint density at radius 1 is 1.31 bits per heavy atom. The molecule has 0 radical (unpaired) electrons. The average molecular weight is 185 g/mol.